The van der Waals surface area contributed by atoms with Crippen LogP contribution < -0.4 is 27.4 Å². The molecule has 3 aromatic rings. The topological polar surface area (TPSA) is 227 Å². The number of carbonyl (C=O) groups excluding carboxylic acids is 5. The summed E-state index contributed by atoms with van der Waals surface area (Å²) in [7, 11) is 0. The van der Waals surface area contributed by atoms with Crippen molar-refractivity contribution in [3.8, 4) is 0 Å². The quantitative estimate of drug-likeness (QED) is 0.0512. The number of alkyl carbamates (subject to hydrolysis) is 1. The number of carbonyl (C=O) groups is 5. The number of hydrogen-bond acceptors (Lipinski definition) is 8. The Labute approximate surface area is 284 Å². The summed E-state index contributed by atoms with van der Waals surface area (Å²) in [6.45, 7) is 0.512. The Kier molecular flexibility index (Phi) is 13.7. The van der Waals surface area contributed by atoms with E-state index in [0.29, 0.717) is 31.2 Å². The van der Waals surface area contributed by atoms with Crippen LogP contribution in [0.15, 0.2) is 78.2 Å². The maximum absolute atomic E-state index is 13.9. The number of imidazole rings is 1. The van der Waals surface area contributed by atoms with Gasteiger partial charge < -0.3 is 46.8 Å². The lowest BCUT2D eigenvalue weighted by Gasteiger charge is -2.30. The van der Waals surface area contributed by atoms with Crippen LogP contribution in [0.4, 0.5) is 4.79 Å². The standard InChI is InChI=1S/C34H43N9O6/c35-33(36)38-15-7-13-27(42-34(48)49-21-24-11-5-2-6-12-24)32(47)43-16-8-14-29(43)31(46)41-28(17-23-9-3-1-4-10-23)30(45)40-26(20-44)18-25-19-37-22-39-25/h1-6,9-12,19-20,22,26-29H,7-8,13-18,21H2,(H,37,39)(H,40,45)(H,41,46)(H,42,48)(H4,35,36,38). The van der Waals surface area contributed by atoms with Crippen molar-refractivity contribution in [1.29, 1.82) is 0 Å². The molecule has 0 radical (unpaired) electrons. The molecule has 4 amide bonds. The molecule has 1 aliphatic heterocycles. The van der Waals surface area contributed by atoms with Crippen LogP contribution >= 0.6 is 0 Å². The minimum atomic E-state index is -1.04. The van der Waals surface area contributed by atoms with Crippen molar-refractivity contribution in [3.63, 3.8) is 0 Å². The number of nitrogens with one attached hydrogen (secondary N) is 4. The Hall–Kier alpha value is -5.73. The first-order valence-corrected chi connectivity index (χ1v) is 16.1. The summed E-state index contributed by atoms with van der Waals surface area (Å²) in [5.74, 6) is -1.64. The second-order valence-electron chi connectivity index (χ2n) is 11.7. The van der Waals surface area contributed by atoms with Gasteiger partial charge in [-0.2, -0.15) is 0 Å². The lowest BCUT2D eigenvalue weighted by molar-refractivity contribution is -0.141. The van der Waals surface area contributed by atoms with Gasteiger partial charge in [-0.25, -0.2) is 9.78 Å². The number of amides is 4. The van der Waals surface area contributed by atoms with E-state index in [0.717, 1.165) is 11.1 Å². The molecule has 2 heterocycles. The van der Waals surface area contributed by atoms with Gasteiger partial charge in [-0.15, -0.1) is 0 Å². The Morgan fingerprint density at radius 1 is 0.980 bits per heavy atom. The molecule has 0 saturated carbocycles. The van der Waals surface area contributed by atoms with Crippen LogP contribution in [0.25, 0.3) is 0 Å². The second kappa shape index (κ2) is 18.6. The third kappa shape index (κ3) is 11.5. The van der Waals surface area contributed by atoms with Crippen molar-refractivity contribution in [2.24, 2.45) is 16.5 Å². The van der Waals surface area contributed by atoms with Crippen LogP contribution in [-0.2, 0) is 43.4 Å². The zero-order valence-electron chi connectivity index (χ0n) is 27.1. The number of nitrogens with two attached hydrogens (primary N) is 2. The number of likely N-dealkylation sites (tertiary alicyclic amines) is 1. The molecule has 8 N–H and O–H groups in total. The molecule has 4 atom stereocenters. The van der Waals surface area contributed by atoms with Crippen molar-refractivity contribution in [1.82, 2.24) is 30.8 Å². The number of aromatic amines is 1. The first-order chi connectivity index (χ1) is 23.7. The largest absolute Gasteiger partial charge is 0.445 e. The van der Waals surface area contributed by atoms with Crippen LogP contribution in [0.1, 0.15) is 42.5 Å². The number of hydrogen-bond donors (Lipinski definition) is 6. The molecule has 4 unspecified atom stereocenters. The summed E-state index contributed by atoms with van der Waals surface area (Å²) >= 11 is 0. The molecule has 15 nitrogen and oxygen atoms in total. The highest BCUT2D eigenvalue weighted by Crippen LogP contribution is 2.20. The van der Waals surface area contributed by atoms with E-state index < -0.39 is 48.0 Å². The first kappa shape index (κ1) is 36.1. The molecular formula is C34H43N9O6. The highest BCUT2D eigenvalue weighted by Gasteiger charge is 2.39. The Bertz CT molecular complexity index is 1550. The van der Waals surface area contributed by atoms with Gasteiger partial charge in [0.2, 0.25) is 17.7 Å². The van der Waals surface area contributed by atoms with Crippen molar-refractivity contribution in [2.45, 2.75) is 69.3 Å². The third-order valence-corrected chi connectivity index (χ3v) is 7.99. The summed E-state index contributed by atoms with van der Waals surface area (Å²) in [5.41, 5.74) is 13.1. The maximum atomic E-state index is 13.9. The number of aliphatic imine (C=N–C) groups is 1. The summed E-state index contributed by atoms with van der Waals surface area (Å²) in [4.78, 5) is 78.1. The van der Waals surface area contributed by atoms with Gasteiger partial charge in [-0.1, -0.05) is 60.7 Å². The predicted molar refractivity (Wildman–Crippen MR) is 181 cm³/mol. The van der Waals surface area contributed by atoms with E-state index >= 15 is 0 Å². The molecule has 1 aliphatic rings. The van der Waals surface area contributed by atoms with Crippen LogP contribution in [0.2, 0.25) is 0 Å². The van der Waals surface area contributed by atoms with Crippen LogP contribution in [0.3, 0.4) is 0 Å². The van der Waals surface area contributed by atoms with E-state index in [1.54, 1.807) is 6.20 Å². The lowest BCUT2D eigenvalue weighted by atomic mass is 10.0. The van der Waals surface area contributed by atoms with Crippen molar-refractivity contribution in [3.05, 3.63) is 90.0 Å². The summed E-state index contributed by atoms with van der Waals surface area (Å²) < 4.78 is 5.36. The Morgan fingerprint density at radius 2 is 1.69 bits per heavy atom. The van der Waals surface area contributed by atoms with Gasteiger partial charge in [0.05, 0.1) is 12.4 Å². The zero-order chi connectivity index (χ0) is 35.0. The number of aromatic nitrogens is 2. The smallest absolute Gasteiger partial charge is 0.408 e. The molecule has 0 spiro atoms. The Morgan fingerprint density at radius 3 is 2.35 bits per heavy atom. The molecule has 1 fully saturated rings. The molecular weight excluding hydrogens is 630 g/mol. The molecule has 2 aromatic carbocycles. The summed E-state index contributed by atoms with van der Waals surface area (Å²) in [6.07, 6.45) is 4.66. The zero-order valence-corrected chi connectivity index (χ0v) is 27.1. The molecule has 49 heavy (non-hydrogen) atoms. The van der Waals surface area contributed by atoms with E-state index in [-0.39, 0.29) is 44.9 Å². The van der Waals surface area contributed by atoms with Gasteiger partial charge in [0, 0.05) is 37.8 Å². The molecule has 1 aromatic heterocycles. The van der Waals surface area contributed by atoms with Gasteiger partial charge in [0.15, 0.2) is 5.96 Å². The third-order valence-electron chi connectivity index (χ3n) is 7.99. The fraction of sp³-hybridized carbons (Fsp3) is 0.382. The van der Waals surface area contributed by atoms with Gasteiger partial charge in [-0.3, -0.25) is 19.4 Å². The number of rotatable bonds is 17. The van der Waals surface area contributed by atoms with Crippen molar-refractivity contribution < 1.29 is 28.7 Å². The molecule has 1 saturated heterocycles. The van der Waals surface area contributed by atoms with Gasteiger partial charge in [-0.05, 0) is 36.8 Å². The van der Waals surface area contributed by atoms with Gasteiger partial charge in [0.1, 0.15) is 31.0 Å². The number of ether oxygens (including phenoxy) is 1. The molecule has 260 valence electrons. The number of H-pyrrole nitrogens is 1. The summed E-state index contributed by atoms with van der Waals surface area (Å²) in [5, 5.41) is 8.19. The van der Waals surface area contributed by atoms with Crippen LogP contribution in [0, 0.1) is 0 Å². The monoisotopic (exact) mass is 673 g/mol. The maximum Gasteiger partial charge on any atom is 0.408 e. The fourth-order valence-electron chi connectivity index (χ4n) is 5.55. The number of benzene rings is 2. The highest BCUT2D eigenvalue weighted by atomic mass is 16.5. The average Bonchev–Trinajstić information content (AvgIpc) is 3.81. The molecule has 4 rings (SSSR count). The van der Waals surface area contributed by atoms with E-state index in [1.165, 1.54) is 11.2 Å². The van der Waals surface area contributed by atoms with E-state index in [4.69, 9.17) is 16.2 Å². The summed E-state index contributed by atoms with van der Waals surface area (Å²) in [6, 6.07) is 14.4. The highest BCUT2D eigenvalue weighted by molar-refractivity contribution is 5.94. The minimum absolute atomic E-state index is 0.00798. The van der Waals surface area contributed by atoms with E-state index in [1.807, 2.05) is 60.7 Å². The first-order valence-electron chi connectivity index (χ1n) is 16.1. The minimum Gasteiger partial charge on any atom is -0.445 e. The van der Waals surface area contributed by atoms with Crippen LogP contribution in [0.5, 0.6) is 0 Å². The number of guanidine groups is 1. The van der Waals surface area contributed by atoms with E-state index in [9.17, 15) is 24.0 Å². The number of aldehydes is 1. The normalized spacial score (nSPS) is 15.7. The molecule has 0 bridgehead atoms. The Balaban J connectivity index is 1.45. The van der Waals surface area contributed by atoms with Crippen LogP contribution in [-0.4, -0.2) is 88.2 Å². The van der Waals surface area contributed by atoms with Gasteiger partial charge in [0.25, 0.3) is 0 Å². The predicted octanol–water partition coefficient (Wildman–Crippen LogP) is 0.703. The van der Waals surface area contributed by atoms with Crippen molar-refractivity contribution >= 4 is 36.1 Å². The number of nitrogens with zero attached hydrogens (tertiary/aromatic N) is 3. The van der Waals surface area contributed by atoms with E-state index in [2.05, 4.69) is 30.9 Å². The SMILES string of the molecule is NC(N)=NCCCC(NC(=O)OCc1ccccc1)C(=O)N1CCCC1C(=O)NC(Cc1ccccc1)C(=O)NC(C=O)Cc1cnc[nH]1. The molecule has 15 heteroatoms. The van der Waals surface area contributed by atoms with Crippen molar-refractivity contribution in [2.75, 3.05) is 13.1 Å². The second-order valence-corrected chi connectivity index (χ2v) is 11.7. The fourth-order valence-corrected chi connectivity index (χ4v) is 5.55. The lowest BCUT2D eigenvalue weighted by Crippen LogP contribution is -2.57. The van der Waals surface area contributed by atoms with Gasteiger partial charge >= 0.3 is 6.09 Å². The average molecular weight is 674 g/mol. The molecule has 0 aliphatic carbocycles.